The number of carbonyl (C=O) groups excluding carboxylic acids is 2. The zero-order valence-corrected chi connectivity index (χ0v) is 14.4. The van der Waals surface area contributed by atoms with Crippen molar-refractivity contribution in [3.05, 3.63) is 48.0 Å². The van der Waals surface area contributed by atoms with E-state index in [1.54, 1.807) is 17.0 Å². The lowest BCUT2D eigenvalue weighted by Gasteiger charge is -2.15. The van der Waals surface area contributed by atoms with Gasteiger partial charge >= 0.3 is 0 Å². The van der Waals surface area contributed by atoms with E-state index in [-0.39, 0.29) is 12.3 Å². The summed E-state index contributed by atoms with van der Waals surface area (Å²) >= 11 is 0. The van der Waals surface area contributed by atoms with Gasteiger partial charge in [0.05, 0.1) is 5.92 Å². The van der Waals surface area contributed by atoms with Crippen LogP contribution < -0.4 is 10.6 Å². The molecule has 1 fully saturated rings. The number of aromatic nitrogens is 1. The Labute approximate surface area is 150 Å². The average molecular weight is 349 g/mol. The lowest BCUT2D eigenvalue weighted by Crippen LogP contribution is -2.28. The fourth-order valence-corrected chi connectivity index (χ4v) is 3.24. The molecule has 2 amide bonds. The van der Waals surface area contributed by atoms with Crippen LogP contribution in [0.2, 0.25) is 0 Å². The van der Waals surface area contributed by atoms with E-state index in [4.69, 9.17) is 10.2 Å². The lowest BCUT2D eigenvalue weighted by molar-refractivity contribution is -0.123. The molecule has 3 aromatic rings. The molecule has 2 N–H and O–H groups in total. The molecule has 0 bridgehead atoms. The summed E-state index contributed by atoms with van der Waals surface area (Å²) < 4.78 is 5.84. The molecule has 0 unspecified atom stereocenters. The van der Waals surface area contributed by atoms with Crippen LogP contribution in [-0.4, -0.2) is 23.3 Å². The number of fused-ring (bicyclic) bond motifs is 1. The van der Waals surface area contributed by atoms with Crippen LogP contribution in [0.3, 0.4) is 0 Å². The normalized spacial score (nSPS) is 17.2. The van der Waals surface area contributed by atoms with Gasteiger partial charge in [-0.3, -0.25) is 9.59 Å². The summed E-state index contributed by atoms with van der Waals surface area (Å²) in [6.45, 7) is 2.42. The average Bonchev–Trinajstić information content (AvgIpc) is 3.24. The Morgan fingerprint density at radius 3 is 2.69 bits per heavy atom. The first-order chi connectivity index (χ1) is 12.5. The number of primary amides is 1. The highest BCUT2D eigenvalue weighted by atomic mass is 16.3. The summed E-state index contributed by atoms with van der Waals surface area (Å²) in [7, 11) is 0. The molecule has 0 radical (unpaired) electrons. The van der Waals surface area contributed by atoms with E-state index in [2.05, 4.69) is 24.0 Å². The van der Waals surface area contributed by atoms with Gasteiger partial charge in [0, 0.05) is 24.2 Å². The summed E-state index contributed by atoms with van der Waals surface area (Å²) in [5.41, 5.74) is 9.52. The van der Waals surface area contributed by atoms with Crippen LogP contribution in [0.25, 0.3) is 22.6 Å². The monoisotopic (exact) mass is 349 g/mol. The van der Waals surface area contributed by atoms with Crippen molar-refractivity contribution in [2.75, 3.05) is 11.4 Å². The summed E-state index contributed by atoms with van der Waals surface area (Å²) in [6, 6.07) is 13.5. The number of aryl methyl sites for hydroxylation is 1. The molecule has 6 nitrogen and oxygen atoms in total. The van der Waals surface area contributed by atoms with Crippen molar-refractivity contribution in [1.82, 2.24) is 4.98 Å². The van der Waals surface area contributed by atoms with Gasteiger partial charge in [0.2, 0.25) is 17.7 Å². The molecule has 132 valence electrons. The number of anilines is 1. The van der Waals surface area contributed by atoms with E-state index < -0.39 is 11.8 Å². The molecule has 0 saturated carbocycles. The molecular formula is C20H19N3O3. The topological polar surface area (TPSA) is 89.4 Å². The third-order valence-electron chi connectivity index (χ3n) is 4.82. The third kappa shape index (κ3) is 2.83. The zero-order chi connectivity index (χ0) is 18.3. The van der Waals surface area contributed by atoms with Gasteiger partial charge in [0.15, 0.2) is 5.58 Å². The molecule has 2 aromatic carbocycles. The second-order valence-electron chi connectivity index (χ2n) is 6.53. The highest BCUT2D eigenvalue weighted by Crippen LogP contribution is 2.30. The first kappa shape index (κ1) is 16.3. The van der Waals surface area contributed by atoms with E-state index in [0.29, 0.717) is 29.2 Å². The molecule has 1 atom stereocenters. The number of rotatable bonds is 4. The van der Waals surface area contributed by atoms with E-state index in [9.17, 15) is 9.59 Å². The Balaban J connectivity index is 1.65. The molecular weight excluding hydrogens is 330 g/mol. The number of hydrogen-bond acceptors (Lipinski definition) is 4. The number of benzene rings is 2. The Morgan fingerprint density at radius 2 is 2.04 bits per heavy atom. The predicted octanol–water partition coefficient (Wildman–Crippen LogP) is 2.90. The van der Waals surface area contributed by atoms with Crippen molar-refractivity contribution in [2.45, 2.75) is 19.8 Å². The molecule has 1 aliphatic rings. The number of carbonyl (C=O) groups is 2. The molecule has 0 spiro atoms. The minimum atomic E-state index is -0.443. The molecule has 1 aliphatic heterocycles. The molecule has 1 saturated heterocycles. The van der Waals surface area contributed by atoms with Crippen LogP contribution in [0.15, 0.2) is 46.9 Å². The standard InChI is InChI=1S/C20H19N3O3/c1-2-12-3-5-13(6-4-12)20-22-16-10-15(7-8-17(16)26-20)23-11-14(19(21)25)9-18(23)24/h3-8,10,14H,2,9,11H2,1H3,(H2,21,25)/t14-/m0/s1. The second kappa shape index (κ2) is 6.29. The van der Waals surface area contributed by atoms with Gasteiger partial charge in [-0.05, 0) is 42.3 Å². The van der Waals surface area contributed by atoms with E-state index in [1.165, 1.54) is 5.56 Å². The summed E-state index contributed by atoms with van der Waals surface area (Å²) in [6.07, 6.45) is 1.13. The highest BCUT2D eigenvalue weighted by Gasteiger charge is 2.34. The Bertz CT molecular complexity index is 991. The van der Waals surface area contributed by atoms with E-state index >= 15 is 0 Å². The van der Waals surface area contributed by atoms with Crippen LogP contribution in [0.1, 0.15) is 18.9 Å². The maximum absolute atomic E-state index is 12.2. The lowest BCUT2D eigenvalue weighted by atomic mass is 10.1. The van der Waals surface area contributed by atoms with Crippen molar-refractivity contribution >= 4 is 28.6 Å². The summed E-state index contributed by atoms with van der Waals surface area (Å²) in [5.74, 6) is -0.445. The molecule has 0 aliphatic carbocycles. The number of nitrogens with two attached hydrogens (primary N) is 1. The quantitative estimate of drug-likeness (QED) is 0.784. The maximum Gasteiger partial charge on any atom is 0.227 e. The van der Waals surface area contributed by atoms with Gasteiger partial charge in [-0.2, -0.15) is 0 Å². The van der Waals surface area contributed by atoms with Gasteiger partial charge in [-0.15, -0.1) is 0 Å². The number of hydrogen-bond donors (Lipinski definition) is 1. The van der Waals surface area contributed by atoms with Gasteiger partial charge in [-0.1, -0.05) is 19.1 Å². The van der Waals surface area contributed by atoms with Gasteiger partial charge in [0.25, 0.3) is 0 Å². The van der Waals surface area contributed by atoms with Crippen LogP contribution in [0, 0.1) is 5.92 Å². The zero-order valence-electron chi connectivity index (χ0n) is 14.4. The van der Waals surface area contributed by atoms with Crippen LogP contribution in [0.5, 0.6) is 0 Å². The van der Waals surface area contributed by atoms with Crippen LogP contribution in [-0.2, 0) is 16.0 Å². The maximum atomic E-state index is 12.2. The SMILES string of the molecule is CCc1ccc(-c2nc3cc(N4C[C@@H](C(N)=O)CC4=O)ccc3o2)cc1. The largest absolute Gasteiger partial charge is 0.436 e. The summed E-state index contributed by atoms with van der Waals surface area (Å²) in [4.78, 5) is 29.7. The third-order valence-corrected chi connectivity index (χ3v) is 4.82. The van der Waals surface area contributed by atoms with Crippen molar-refractivity contribution in [2.24, 2.45) is 11.7 Å². The predicted molar refractivity (Wildman–Crippen MR) is 98.5 cm³/mol. The van der Waals surface area contributed by atoms with E-state index in [1.807, 2.05) is 18.2 Å². The summed E-state index contributed by atoms with van der Waals surface area (Å²) in [5, 5.41) is 0. The first-order valence-electron chi connectivity index (χ1n) is 8.64. The fraction of sp³-hybridized carbons (Fsp3) is 0.250. The number of nitrogens with zero attached hydrogens (tertiary/aromatic N) is 2. The molecule has 1 aromatic heterocycles. The Kier molecular flexibility index (Phi) is 3.95. The van der Waals surface area contributed by atoms with Gasteiger partial charge in [-0.25, -0.2) is 4.98 Å². The Hall–Kier alpha value is -3.15. The van der Waals surface area contributed by atoms with Crippen molar-refractivity contribution in [1.29, 1.82) is 0 Å². The molecule has 2 heterocycles. The van der Waals surface area contributed by atoms with E-state index in [0.717, 1.165) is 12.0 Å². The van der Waals surface area contributed by atoms with Crippen molar-refractivity contribution in [3.63, 3.8) is 0 Å². The highest BCUT2D eigenvalue weighted by molar-refractivity contribution is 6.01. The minimum Gasteiger partial charge on any atom is -0.436 e. The van der Waals surface area contributed by atoms with Gasteiger partial charge < -0.3 is 15.1 Å². The minimum absolute atomic E-state index is 0.105. The van der Waals surface area contributed by atoms with Crippen molar-refractivity contribution in [3.8, 4) is 11.5 Å². The fourth-order valence-electron chi connectivity index (χ4n) is 3.24. The van der Waals surface area contributed by atoms with Crippen molar-refractivity contribution < 1.29 is 14.0 Å². The Morgan fingerprint density at radius 1 is 1.27 bits per heavy atom. The first-order valence-corrected chi connectivity index (χ1v) is 8.64. The molecule has 26 heavy (non-hydrogen) atoms. The smallest absolute Gasteiger partial charge is 0.227 e. The molecule has 4 rings (SSSR count). The number of amides is 2. The number of oxazole rings is 1. The van der Waals surface area contributed by atoms with Gasteiger partial charge in [0.1, 0.15) is 5.52 Å². The molecule has 6 heteroatoms. The van der Waals surface area contributed by atoms with Crippen LogP contribution >= 0.6 is 0 Å². The second-order valence-corrected chi connectivity index (χ2v) is 6.53. The van der Waals surface area contributed by atoms with Crippen LogP contribution in [0.4, 0.5) is 5.69 Å².